The molecule has 1 amide bonds. The third-order valence-electron chi connectivity index (χ3n) is 4.36. The molecule has 2 aliphatic heterocycles. The van der Waals surface area contributed by atoms with E-state index in [1.807, 2.05) is 12.1 Å². The zero-order valence-corrected chi connectivity index (χ0v) is 15.2. The van der Waals surface area contributed by atoms with E-state index in [2.05, 4.69) is 32.6 Å². The highest BCUT2D eigenvalue weighted by molar-refractivity contribution is 8.15. The lowest BCUT2D eigenvalue weighted by Gasteiger charge is -2.22. The molecular weight excluding hydrogens is 352 g/mol. The fourth-order valence-electron chi connectivity index (χ4n) is 2.99. The van der Waals surface area contributed by atoms with Gasteiger partial charge in [0.2, 0.25) is 5.91 Å². The van der Waals surface area contributed by atoms with Crippen LogP contribution in [0, 0.1) is 0 Å². The number of nitrogens with one attached hydrogen (secondary N) is 1. The van der Waals surface area contributed by atoms with E-state index >= 15 is 0 Å². The van der Waals surface area contributed by atoms with Crippen LogP contribution in [0.3, 0.4) is 0 Å². The number of rotatable bonds is 5. The summed E-state index contributed by atoms with van der Waals surface area (Å²) in [5.74, 6) is -1.35. The molecule has 2 saturated heterocycles. The number of benzene rings is 1. The molecule has 26 heavy (non-hydrogen) atoms. The van der Waals surface area contributed by atoms with E-state index in [0.29, 0.717) is 5.17 Å². The van der Waals surface area contributed by atoms with Crippen LogP contribution in [0.4, 0.5) is 5.69 Å². The zero-order chi connectivity index (χ0) is 18.4. The number of amidine groups is 1. The topological polar surface area (TPSA) is 94.4 Å². The van der Waals surface area contributed by atoms with Gasteiger partial charge in [-0.3, -0.25) is 9.59 Å². The summed E-state index contributed by atoms with van der Waals surface area (Å²) in [6.45, 7) is 2.21. The van der Waals surface area contributed by atoms with Crippen molar-refractivity contribution in [3.63, 3.8) is 0 Å². The van der Waals surface area contributed by atoms with E-state index < -0.39 is 11.2 Å². The molecule has 0 radical (unpaired) electrons. The Morgan fingerprint density at radius 2 is 1.92 bits per heavy atom. The van der Waals surface area contributed by atoms with Crippen molar-refractivity contribution in [2.45, 2.75) is 37.4 Å². The Bertz CT molecular complexity index is 710. The molecule has 3 rings (SSSR count). The lowest BCUT2D eigenvalue weighted by atomic mass is 10.2. The minimum absolute atomic E-state index is 0.225. The van der Waals surface area contributed by atoms with Gasteiger partial charge in [-0.1, -0.05) is 36.7 Å². The van der Waals surface area contributed by atoms with Crippen LogP contribution in [0.15, 0.2) is 34.5 Å². The van der Waals surface area contributed by atoms with Gasteiger partial charge in [0.05, 0.1) is 12.6 Å². The number of aliphatic carboxylic acids is 1. The highest BCUT2D eigenvalue weighted by atomic mass is 32.2. The molecule has 2 aliphatic rings. The van der Waals surface area contributed by atoms with Crippen LogP contribution in [0.25, 0.3) is 0 Å². The maximum Gasteiger partial charge on any atom is 0.305 e. The van der Waals surface area contributed by atoms with Crippen LogP contribution in [0.5, 0.6) is 0 Å². The first-order valence-corrected chi connectivity index (χ1v) is 9.65. The molecule has 0 aliphatic carbocycles. The number of carbonyl (C=O) groups excluding carboxylic acids is 1. The second-order valence-corrected chi connectivity index (χ2v) is 7.53. The lowest BCUT2D eigenvalue weighted by molar-refractivity contribution is -0.138. The van der Waals surface area contributed by atoms with Crippen molar-refractivity contribution in [3.8, 4) is 0 Å². The Hall–Kier alpha value is -2.35. The van der Waals surface area contributed by atoms with Crippen LogP contribution in [-0.4, -0.2) is 46.7 Å². The molecule has 1 unspecified atom stereocenters. The minimum Gasteiger partial charge on any atom is -0.481 e. The number of nitrogens with zero attached hydrogens (tertiary/aromatic N) is 3. The van der Waals surface area contributed by atoms with Crippen molar-refractivity contribution in [1.29, 1.82) is 0 Å². The quantitative estimate of drug-likeness (QED) is 0.610. The minimum atomic E-state index is -1.01. The second-order valence-electron chi connectivity index (χ2n) is 6.34. The molecule has 1 atom stereocenters. The SMILES string of the molecule is O=C(O)CC1SC(=NN=Cc2ccc(N3CCCCCC3)cc2)NC1=O. The Morgan fingerprint density at radius 1 is 1.23 bits per heavy atom. The number of hydrogen-bond donors (Lipinski definition) is 2. The summed E-state index contributed by atoms with van der Waals surface area (Å²) < 4.78 is 0. The van der Waals surface area contributed by atoms with Crippen LogP contribution in [0.1, 0.15) is 37.7 Å². The Kier molecular flexibility index (Phi) is 6.27. The van der Waals surface area contributed by atoms with Gasteiger partial charge >= 0.3 is 5.97 Å². The van der Waals surface area contributed by atoms with Crippen LogP contribution < -0.4 is 10.2 Å². The number of hydrogen-bond acceptors (Lipinski definition) is 6. The Labute approximate surface area is 156 Å². The molecule has 0 spiro atoms. The van der Waals surface area contributed by atoms with Gasteiger partial charge in [-0.2, -0.15) is 5.10 Å². The van der Waals surface area contributed by atoms with E-state index in [1.54, 1.807) is 6.21 Å². The van der Waals surface area contributed by atoms with Gasteiger partial charge in [-0.25, -0.2) is 0 Å². The maximum atomic E-state index is 11.6. The summed E-state index contributed by atoms with van der Waals surface area (Å²) in [5.41, 5.74) is 2.15. The molecule has 2 fully saturated rings. The molecule has 0 aromatic heterocycles. The summed E-state index contributed by atoms with van der Waals surface area (Å²) in [6.07, 6.45) is 6.50. The van der Waals surface area contributed by atoms with E-state index in [1.165, 1.54) is 31.4 Å². The highest BCUT2D eigenvalue weighted by Gasteiger charge is 2.32. The Balaban J connectivity index is 1.57. The van der Waals surface area contributed by atoms with Crippen molar-refractivity contribution >= 4 is 40.7 Å². The molecule has 8 heteroatoms. The van der Waals surface area contributed by atoms with Crippen LogP contribution >= 0.6 is 11.8 Å². The van der Waals surface area contributed by atoms with E-state index in [4.69, 9.17) is 5.11 Å². The van der Waals surface area contributed by atoms with Crippen molar-refractivity contribution < 1.29 is 14.7 Å². The number of carboxylic acid groups (broad SMARTS) is 1. The number of anilines is 1. The average Bonchev–Trinajstić information content (AvgIpc) is 2.82. The normalized spacial score (nSPS) is 22.6. The summed E-state index contributed by atoms with van der Waals surface area (Å²) in [7, 11) is 0. The van der Waals surface area contributed by atoms with Gasteiger partial charge in [0, 0.05) is 18.8 Å². The molecule has 138 valence electrons. The zero-order valence-electron chi connectivity index (χ0n) is 14.4. The van der Waals surface area contributed by atoms with Crippen molar-refractivity contribution in [2.24, 2.45) is 10.2 Å². The van der Waals surface area contributed by atoms with E-state index in [0.717, 1.165) is 30.4 Å². The lowest BCUT2D eigenvalue weighted by Crippen LogP contribution is -2.26. The molecule has 0 saturated carbocycles. The number of amides is 1. The fourth-order valence-corrected chi connectivity index (χ4v) is 3.91. The first-order valence-electron chi connectivity index (χ1n) is 8.77. The van der Waals surface area contributed by atoms with Gasteiger partial charge in [0.25, 0.3) is 0 Å². The van der Waals surface area contributed by atoms with Crippen molar-refractivity contribution in [1.82, 2.24) is 5.32 Å². The van der Waals surface area contributed by atoms with E-state index in [-0.39, 0.29) is 12.3 Å². The predicted octanol–water partition coefficient (Wildman–Crippen LogP) is 2.46. The average molecular weight is 374 g/mol. The molecule has 7 nitrogen and oxygen atoms in total. The largest absolute Gasteiger partial charge is 0.481 e. The molecule has 0 bridgehead atoms. The van der Waals surface area contributed by atoms with Gasteiger partial charge in [-0.15, -0.1) is 5.10 Å². The molecule has 2 N–H and O–H groups in total. The predicted molar refractivity (Wildman–Crippen MR) is 104 cm³/mol. The second kappa shape index (κ2) is 8.84. The number of thioether (sulfide) groups is 1. The van der Waals surface area contributed by atoms with Gasteiger partial charge < -0.3 is 15.3 Å². The molecule has 2 heterocycles. The van der Waals surface area contributed by atoms with Gasteiger partial charge in [0.1, 0.15) is 5.25 Å². The monoisotopic (exact) mass is 374 g/mol. The highest BCUT2D eigenvalue weighted by Crippen LogP contribution is 2.22. The smallest absolute Gasteiger partial charge is 0.305 e. The number of carbonyl (C=O) groups is 2. The third-order valence-corrected chi connectivity index (χ3v) is 5.43. The van der Waals surface area contributed by atoms with Gasteiger partial charge in [-0.05, 0) is 30.5 Å². The summed E-state index contributed by atoms with van der Waals surface area (Å²) in [4.78, 5) is 24.8. The van der Waals surface area contributed by atoms with Crippen molar-refractivity contribution in [3.05, 3.63) is 29.8 Å². The third kappa shape index (κ3) is 5.08. The molecule has 1 aromatic carbocycles. The maximum absolute atomic E-state index is 11.6. The summed E-state index contributed by atoms with van der Waals surface area (Å²) in [5, 5.41) is 19.0. The van der Waals surface area contributed by atoms with Crippen molar-refractivity contribution in [2.75, 3.05) is 18.0 Å². The number of carboxylic acids is 1. The van der Waals surface area contributed by atoms with Crippen LogP contribution in [0.2, 0.25) is 0 Å². The molecular formula is C18H22N4O3S. The summed E-state index contributed by atoms with van der Waals surface area (Å²) in [6, 6.07) is 8.18. The first kappa shape index (κ1) is 18.4. The molecule has 1 aromatic rings. The standard InChI is InChI=1S/C18H22N4O3S/c23-16(24)11-15-17(25)20-18(26-15)21-19-12-13-5-7-14(8-6-13)22-9-3-1-2-4-10-22/h5-8,12,15H,1-4,9-11H2,(H,23,24)(H,20,21,25). The Morgan fingerprint density at radius 3 is 2.58 bits per heavy atom. The van der Waals surface area contributed by atoms with E-state index in [9.17, 15) is 9.59 Å². The summed E-state index contributed by atoms with van der Waals surface area (Å²) >= 11 is 1.09. The first-order chi connectivity index (χ1) is 12.6. The van der Waals surface area contributed by atoms with Gasteiger partial charge in [0.15, 0.2) is 5.17 Å². The fraction of sp³-hybridized carbons (Fsp3) is 0.444. The van der Waals surface area contributed by atoms with Crippen LogP contribution in [-0.2, 0) is 9.59 Å².